The summed E-state index contributed by atoms with van der Waals surface area (Å²) in [6, 6.07) is 0. The summed E-state index contributed by atoms with van der Waals surface area (Å²) in [4.78, 5) is 2.38. The summed E-state index contributed by atoms with van der Waals surface area (Å²) < 4.78 is 0. The number of hydrogen-bond donors (Lipinski definition) is 1. The first-order valence-electron chi connectivity index (χ1n) is 4.57. The maximum atomic E-state index is 8.82. The Morgan fingerprint density at radius 3 is 2.36 bits per heavy atom. The molecule has 0 aromatic carbocycles. The van der Waals surface area contributed by atoms with E-state index in [0.717, 1.165) is 19.6 Å². The van der Waals surface area contributed by atoms with Gasteiger partial charge in [0, 0.05) is 13.2 Å². The molecule has 0 rings (SSSR count). The number of aliphatic hydroxyl groups is 1. The molecule has 11 heavy (non-hydrogen) atoms. The molecule has 0 aromatic rings. The predicted molar refractivity (Wildman–Crippen MR) is 48.7 cm³/mol. The number of hydrogen-bond acceptors (Lipinski definition) is 2. The molecule has 0 aliphatic carbocycles. The molecule has 1 N–H and O–H groups in total. The first-order valence-corrected chi connectivity index (χ1v) is 4.57. The molecule has 0 aliphatic rings. The van der Waals surface area contributed by atoms with Gasteiger partial charge >= 0.3 is 0 Å². The maximum Gasteiger partial charge on any atom is 0.0468 e. The van der Waals surface area contributed by atoms with E-state index in [9.17, 15) is 0 Å². The third-order valence-electron chi connectivity index (χ3n) is 1.87. The van der Waals surface area contributed by atoms with Crippen LogP contribution in [0.5, 0.6) is 0 Å². The molecular formula is C9H21NO. The Morgan fingerprint density at radius 2 is 2.00 bits per heavy atom. The van der Waals surface area contributed by atoms with Gasteiger partial charge in [0.1, 0.15) is 0 Å². The lowest BCUT2D eigenvalue weighted by Crippen LogP contribution is -2.30. The van der Waals surface area contributed by atoms with Crippen LogP contribution in [0.25, 0.3) is 0 Å². The Morgan fingerprint density at radius 1 is 1.36 bits per heavy atom. The second-order valence-electron chi connectivity index (χ2n) is 3.18. The highest BCUT2D eigenvalue weighted by Gasteiger charge is 2.05. The van der Waals surface area contributed by atoms with Gasteiger partial charge < -0.3 is 10.0 Å². The fourth-order valence-corrected chi connectivity index (χ4v) is 1.19. The van der Waals surface area contributed by atoms with Crippen molar-refractivity contribution in [3.63, 3.8) is 0 Å². The van der Waals surface area contributed by atoms with Crippen molar-refractivity contribution in [2.45, 2.75) is 27.2 Å². The van der Waals surface area contributed by atoms with E-state index < -0.39 is 0 Å². The van der Waals surface area contributed by atoms with Crippen molar-refractivity contribution in [1.82, 2.24) is 4.90 Å². The average Bonchev–Trinajstić information content (AvgIpc) is 2.03. The molecule has 0 spiro atoms. The summed E-state index contributed by atoms with van der Waals surface area (Å²) in [7, 11) is 0. The quantitative estimate of drug-likeness (QED) is 0.632. The van der Waals surface area contributed by atoms with Gasteiger partial charge in [0.2, 0.25) is 0 Å². The third kappa shape index (κ3) is 5.22. The van der Waals surface area contributed by atoms with Gasteiger partial charge in [-0.25, -0.2) is 0 Å². The van der Waals surface area contributed by atoms with Crippen LogP contribution in [0.3, 0.4) is 0 Å². The van der Waals surface area contributed by atoms with Gasteiger partial charge in [0.05, 0.1) is 0 Å². The highest BCUT2D eigenvalue weighted by Crippen LogP contribution is 1.99. The van der Waals surface area contributed by atoms with Crippen LogP contribution in [0.2, 0.25) is 0 Å². The van der Waals surface area contributed by atoms with Crippen molar-refractivity contribution in [2.75, 3.05) is 26.2 Å². The zero-order chi connectivity index (χ0) is 8.69. The van der Waals surface area contributed by atoms with Crippen LogP contribution < -0.4 is 0 Å². The van der Waals surface area contributed by atoms with Gasteiger partial charge in [0.25, 0.3) is 0 Å². The van der Waals surface area contributed by atoms with Gasteiger partial charge in [-0.1, -0.05) is 20.8 Å². The van der Waals surface area contributed by atoms with E-state index in [1.54, 1.807) is 0 Å². The number of aliphatic hydroxyl groups excluding tert-OH is 1. The first-order chi connectivity index (χ1) is 5.24. The molecule has 0 fully saturated rings. The fourth-order valence-electron chi connectivity index (χ4n) is 1.19. The Hall–Kier alpha value is -0.0800. The summed E-state index contributed by atoms with van der Waals surface area (Å²) in [5.41, 5.74) is 0. The average molecular weight is 159 g/mol. The predicted octanol–water partition coefficient (Wildman–Crippen LogP) is 1.35. The molecule has 2 nitrogen and oxygen atoms in total. The molecule has 0 heterocycles. The molecule has 2 heteroatoms. The van der Waals surface area contributed by atoms with Crippen LogP contribution in [-0.2, 0) is 0 Å². The minimum absolute atomic E-state index is 0.306. The highest BCUT2D eigenvalue weighted by atomic mass is 16.3. The van der Waals surface area contributed by atoms with Crippen molar-refractivity contribution in [3.8, 4) is 0 Å². The Labute approximate surface area is 70.2 Å². The molecular weight excluding hydrogens is 138 g/mol. The zero-order valence-electron chi connectivity index (χ0n) is 8.01. The van der Waals surface area contributed by atoms with Crippen molar-refractivity contribution >= 4 is 0 Å². The molecule has 0 radical (unpaired) electrons. The SMILES string of the molecule is CCCN(CC)CC(C)CO. The van der Waals surface area contributed by atoms with Crippen molar-refractivity contribution in [1.29, 1.82) is 0 Å². The Bertz CT molecular complexity index is 85.6. The smallest absolute Gasteiger partial charge is 0.0468 e. The molecule has 1 unspecified atom stereocenters. The topological polar surface area (TPSA) is 23.5 Å². The van der Waals surface area contributed by atoms with Gasteiger partial charge in [-0.05, 0) is 25.4 Å². The lowest BCUT2D eigenvalue weighted by Gasteiger charge is -2.22. The van der Waals surface area contributed by atoms with Crippen LogP contribution in [0.4, 0.5) is 0 Å². The molecule has 0 amide bonds. The number of nitrogens with zero attached hydrogens (tertiary/aromatic N) is 1. The van der Waals surface area contributed by atoms with Crippen LogP contribution in [0, 0.1) is 5.92 Å². The minimum Gasteiger partial charge on any atom is -0.396 e. The Kier molecular flexibility index (Phi) is 6.57. The van der Waals surface area contributed by atoms with E-state index in [-0.39, 0.29) is 0 Å². The molecule has 0 saturated carbocycles. The summed E-state index contributed by atoms with van der Waals surface area (Å²) in [6.45, 7) is 10.0. The largest absolute Gasteiger partial charge is 0.396 e. The second kappa shape index (κ2) is 6.62. The summed E-state index contributed by atoms with van der Waals surface area (Å²) in [5, 5.41) is 8.82. The number of rotatable bonds is 6. The maximum absolute atomic E-state index is 8.82. The zero-order valence-corrected chi connectivity index (χ0v) is 8.01. The van der Waals surface area contributed by atoms with E-state index in [1.165, 1.54) is 6.42 Å². The monoisotopic (exact) mass is 159 g/mol. The van der Waals surface area contributed by atoms with Crippen LogP contribution >= 0.6 is 0 Å². The van der Waals surface area contributed by atoms with E-state index in [2.05, 4.69) is 25.7 Å². The fraction of sp³-hybridized carbons (Fsp3) is 1.00. The minimum atomic E-state index is 0.306. The van der Waals surface area contributed by atoms with Crippen molar-refractivity contribution in [3.05, 3.63) is 0 Å². The summed E-state index contributed by atoms with van der Waals surface area (Å²) >= 11 is 0. The van der Waals surface area contributed by atoms with E-state index in [1.807, 2.05) is 0 Å². The normalized spacial score (nSPS) is 13.9. The third-order valence-corrected chi connectivity index (χ3v) is 1.87. The lowest BCUT2D eigenvalue weighted by atomic mass is 10.2. The molecule has 0 bridgehead atoms. The highest BCUT2D eigenvalue weighted by molar-refractivity contribution is 4.59. The summed E-state index contributed by atoms with van der Waals surface area (Å²) in [6.07, 6.45) is 1.20. The standard InChI is InChI=1S/C9H21NO/c1-4-6-10(5-2)7-9(3)8-11/h9,11H,4-8H2,1-3H3. The molecule has 0 aromatic heterocycles. The molecule has 68 valence electrons. The lowest BCUT2D eigenvalue weighted by molar-refractivity contribution is 0.177. The molecule has 0 saturated heterocycles. The molecule has 0 aliphatic heterocycles. The van der Waals surface area contributed by atoms with E-state index in [0.29, 0.717) is 12.5 Å². The van der Waals surface area contributed by atoms with Crippen LogP contribution in [-0.4, -0.2) is 36.2 Å². The van der Waals surface area contributed by atoms with E-state index >= 15 is 0 Å². The van der Waals surface area contributed by atoms with Gasteiger partial charge in [-0.3, -0.25) is 0 Å². The summed E-state index contributed by atoms with van der Waals surface area (Å²) in [5.74, 6) is 0.418. The van der Waals surface area contributed by atoms with Crippen LogP contribution in [0.15, 0.2) is 0 Å². The van der Waals surface area contributed by atoms with Crippen molar-refractivity contribution in [2.24, 2.45) is 5.92 Å². The van der Waals surface area contributed by atoms with E-state index in [4.69, 9.17) is 5.11 Å². The second-order valence-corrected chi connectivity index (χ2v) is 3.18. The molecule has 1 atom stereocenters. The van der Waals surface area contributed by atoms with Gasteiger partial charge in [-0.15, -0.1) is 0 Å². The van der Waals surface area contributed by atoms with Crippen LogP contribution in [0.1, 0.15) is 27.2 Å². The van der Waals surface area contributed by atoms with Gasteiger partial charge in [-0.2, -0.15) is 0 Å². The van der Waals surface area contributed by atoms with Crippen molar-refractivity contribution < 1.29 is 5.11 Å². The Balaban J connectivity index is 3.49. The van der Waals surface area contributed by atoms with Gasteiger partial charge in [0.15, 0.2) is 0 Å². The first kappa shape index (κ1) is 10.9.